The summed E-state index contributed by atoms with van der Waals surface area (Å²) in [5, 5.41) is 13.5. The summed E-state index contributed by atoms with van der Waals surface area (Å²) in [7, 11) is 1.76. The van der Waals surface area contributed by atoms with Crippen molar-refractivity contribution in [3.05, 3.63) is 29.3 Å². The molecule has 3 atom stereocenters. The molecule has 1 saturated carbocycles. The molecule has 3 unspecified atom stereocenters. The van der Waals surface area contributed by atoms with Crippen molar-refractivity contribution in [2.24, 2.45) is 5.92 Å². The van der Waals surface area contributed by atoms with E-state index in [0.717, 1.165) is 38.1 Å². The van der Waals surface area contributed by atoms with E-state index in [0.29, 0.717) is 12.0 Å². The van der Waals surface area contributed by atoms with Crippen LogP contribution in [0.25, 0.3) is 0 Å². The van der Waals surface area contributed by atoms with Crippen LogP contribution in [0.1, 0.15) is 62.6 Å². The van der Waals surface area contributed by atoms with Crippen LogP contribution in [-0.2, 0) is 6.54 Å². The number of hydrogen-bond donors (Lipinski definition) is 2. The molecule has 2 fully saturated rings. The molecular weight excluding hydrogens is 312 g/mol. The van der Waals surface area contributed by atoms with Gasteiger partial charge in [0.1, 0.15) is 5.75 Å². The van der Waals surface area contributed by atoms with E-state index >= 15 is 0 Å². The molecular formula is C21H34N2O2. The molecule has 1 heterocycles. The van der Waals surface area contributed by atoms with Crippen molar-refractivity contribution in [1.29, 1.82) is 0 Å². The van der Waals surface area contributed by atoms with Crippen LogP contribution in [-0.4, -0.2) is 42.9 Å². The molecule has 0 radical (unpaired) electrons. The van der Waals surface area contributed by atoms with Crippen LogP contribution in [0.15, 0.2) is 18.2 Å². The Kier molecular flexibility index (Phi) is 6.74. The molecule has 1 aromatic rings. The largest absolute Gasteiger partial charge is 0.496 e. The van der Waals surface area contributed by atoms with Crippen LogP contribution in [0.4, 0.5) is 0 Å². The van der Waals surface area contributed by atoms with E-state index in [-0.39, 0.29) is 6.10 Å². The summed E-state index contributed by atoms with van der Waals surface area (Å²) in [6.45, 7) is 6.61. The number of nitrogens with one attached hydrogen (secondary N) is 1. The van der Waals surface area contributed by atoms with Crippen LogP contribution < -0.4 is 10.1 Å². The minimum atomic E-state index is -0.0936. The van der Waals surface area contributed by atoms with Gasteiger partial charge in [-0.15, -0.1) is 0 Å². The summed E-state index contributed by atoms with van der Waals surface area (Å²) in [5.41, 5.74) is 2.62. The van der Waals surface area contributed by atoms with Gasteiger partial charge in [-0.05, 0) is 82.3 Å². The summed E-state index contributed by atoms with van der Waals surface area (Å²) in [4.78, 5) is 2.52. The van der Waals surface area contributed by atoms with Crippen LogP contribution in [0, 0.1) is 5.92 Å². The van der Waals surface area contributed by atoms with Crippen LogP contribution >= 0.6 is 0 Å². The molecule has 1 saturated heterocycles. The Morgan fingerprint density at radius 1 is 1.24 bits per heavy atom. The summed E-state index contributed by atoms with van der Waals surface area (Å²) >= 11 is 0. The lowest BCUT2D eigenvalue weighted by Crippen LogP contribution is -2.30. The molecule has 1 aliphatic heterocycles. The Balaban J connectivity index is 1.60. The van der Waals surface area contributed by atoms with Crippen LogP contribution in [0.3, 0.4) is 0 Å². The van der Waals surface area contributed by atoms with Crippen molar-refractivity contribution < 1.29 is 9.84 Å². The van der Waals surface area contributed by atoms with Gasteiger partial charge in [-0.1, -0.05) is 12.5 Å². The van der Waals surface area contributed by atoms with Gasteiger partial charge in [0.25, 0.3) is 0 Å². The summed E-state index contributed by atoms with van der Waals surface area (Å²) in [6, 6.07) is 6.93. The number of rotatable bonds is 7. The SMILES string of the molecule is COc1ccc(C(C)NCC2CCCC(O)C2)cc1CN1CCCC1. The predicted molar refractivity (Wildman–Crippen MR) is 102 cm³/mol. The fourth-order valence-electron chi connectivity index (χ4n) is 4.28. The van der Waals surface area contributed by atoms with Crippen molar-refractivity contribution in [2.45, 2.75) is 64.1 Å². The average Bonchev–Trinajstić information content (AvgIpc) is 3.13. The third-order valence-electron chi connectivity index (χ3n) is 5.86. The Hall–Kier alpha value is -1.10. The predicted octanol–water partition coefficient (Wildman–Crippen LogP) is 3.49. The molecule has 2 aliphatic rings. The summed E-state index contributed by atoms with van der Waals surface area (Å²) in [5.74, 6) is 1.60. The van der Waals surface area contributed by atoms with Gasteiger partial charge in [0, 0.05) is 18.2 Å². The maximum absolute atomic E-state index is 9.85. The van der Waals surface area contributed by atoms with E-state index in [9.17, 15) is 5.11 Å². The second-order valence-corrected chi connectivity index (χ2v) is 7.87. The first-order valence-electron chi connectivity index (χ1n) is 9.96. The minimum Gasteiger partial charge on any atom is -0.496 e. The molecule has 0 bridgehead atoms. The number of methoxy groups -OCH3 is 1. The molecule has 0 spiro atoms. The molecule has 4 heteroatoms. The Bertz CT molecular complexity index is 543. The Morgan fingerprint density at radius 2 is 2.04 bits per heavy atom. The zero-order chi connectivity index (χ0) is 17.6. The van der Waals surface area contributed by atoms with Crippen LogP contribution in [0.2, 0.25) is 0 Å². The highest BCUT2D eigenvalue weighted by molar-refractivity contribution is 5.38. The van der Waals surface area contributed by atoms with Crippen molar-refractivity contribution in [1.82, 2.24) is 10.2 Å². The van der Waals surface area contributed by atoms with E-state index in [2.05, 4.69) is 35.3 Å². The summed E-state index contributed by atoms with van der Waals surface area (Å²) < 4.78 is 5.58. The molecule has 4 nitrogen and oxygen atoms in total. The molecule has 3 rings (SSSR count). The number of likely N-dealkylation sites (tertiary alicyclic amines) is 1. The quantitative estimate of drug-likeness (QED) is 0.793. The van der Waals surface area contributed by atoms with Gasteiger partial charge in [-0.2, -0.15) is 0 Å². The molecule has 25 heavy (non-hydrogen) atoms. The zero-order valence-electron chi connectivity index (χ0n) is 15.8. The van der Waals surface area contributed by atoms with Crippen molar-refractivity contribution in [3.8, 4) is 5.75 Å². The first-order valence-corrected chi connectivity index (χ1v) is 9.96. The Labute approximate surface area is 152 Å². The van der Waals surface area contributed by atoms with Crippen LogP contribution in [0.5, 0.6) is 5.75 Å². The highest BCUT2D eigenvalue weighted by Gasteiger charge is 2.21. The lowest BCUT2D eigenvalue weighted by Gasteiger charge is -2.27. The minimum absolute atomic E-state index is 0.0936. The van der Waals surface area contributed by atoms with Gasteiger partial charge in [0.05, 0.1) is 13.2 Å². The van der Waals surface area contributed by atoms with E-state index in [1.807, 2.05) is 0 Å². The van der Waals surface area contributed by atoms with E-state index in [1.165, 1.54) is 43.5 Å². The molecule has 0 amide bonds. The number of aliphatic hydroxyl groups is 1. The first kappa shape index (κ1) is 18.7. The van der Waals surface area contributed by atoms with Crippen molar-refractivity contribution >= 4 is 0 Å². The number of ether oxygens (including phenoxy) is 1. The van der Waals surface area contributed by atoms with Gasteiger partial charge in [-0.25, -0.2) is 0 Å². The summed E-state index contributed by atoms with van der Waals surface area (Å²) in [6.07, 6.45) is 6.85. The second kappa shape index (κ2) is 9.02. The fraction of sp³-hybridized carbons (Fsp3) is 0.714. The topological polar surface area (TPSA) is 44.7 Å². The standard InChI is InChI=1S/C21H34N2O2/c1-16(22-14-17-6-5-7-20(24)12-17)18-8-9-21(25-2)19(13-18)15-23-10-3-4-11-23/h8-9,13,16-17,20,22,24H,3-7,10-12,14-15H2,1-2H3. The smallest absolute Gasteiger partial charge is 0.123 e. The highest BCUT2D eigenvalue weighted by atomic mass is 16.5. The molecule has 140 valence electrons. The lowest BCUT2D eigenvalue weighted by atomic mass is 9.87. The van der Waals surface area contributed by atoms with Gasteiger partial charge in [-0.3, -0.25) is 4.90 Å². The molecule has 1 aliphatic carbocycles. The number of nitrogens with zero attached hydrogens (tertiary/aromatic N) is 1. The van der Waals surface area contributed by atoms with Crippen molar-refractivity contribution in [3.63, 3.8) is 0 Å². The normalized spacial score (nSPS) is 25.9. The van der Waals surface area contributed by atoms with Crippen molar-refractivity contribution in [2.75, 3.05) is 26.7 Å². The number of hydrogen-bond acceptors (Lipinski definition) is 4. The monoisotopic (exact) mass is 346 g/mol. The van der Waals surface area contributed by atoms with E-state index in [1.54, 1.807) is 7.11 Å². The molecule has 2 N–H and O–H groups in total. The van der Waals surface area contributed by atoms with Gasteiger partial charge >= 0.3 is 0 Å². The first-order chi connectivity index (χ1) is 12.2. The second-order valence-electron chi connectivity index (χ2n) is 7.87. The molecule has 1 aromatic carbocycles. The fourth-order valence-corrected chi connectivity index (χ4v) is 4.28. The third kappa shape index (κ3) is 5.19. The van der Waals surface area contributed by atoms with E-state index < -0.39 is 0 Å². The third-order valence-corrected chi connectivity index (χ3v) is 5.86. The van der Waals surface area contributed by atoms with Gasteiger partial charge in [0.2, 0.25) is 0 Å². The van der Waals surface area contributed by atoms with E-state index in [4.69, 9.17) is 4.74 Å². The van der Waals surface area contributed by atoms with Gasteiger partial charge in [0.15, 0.2) is 0 Å². The lowest BCUT2D eigenvalue weighted by molar-refractivity contribution is 0.0998. The number of aliphatic hydroxyl groups excluding tert-OH is 1. The zero-order valence-corrected chi connectivity index (χ0v) is 15.8. The van der Waals surface area contributed by atoms with Gasteiger partial charge < -0.3 is 15.2 Å². The average molecular weight is 347 g/mol. The maximum Gasteiger partial charge on any atom is 0.123 e. The highest BCUT2D eigenvalue weighted by Crippen LogP contribution is 2.27. The number of benzene rings is 1. The maximum atomic E-state index is 9.85. The Morgan fingerprint density at radius 3 is 2.76 bits per heavy atom. The molecule has 0 aromatic heterocycles.